The van der Waals surface area contributed by atoms with Gasteiger partial charge in [0.25, 0.3) is 5.56 Å². The smallest absolute Gasteiger partial charge is 0.273 e. The largest absolute Gasteiger partial charge is 0.293 e. The molecule has 2 aromatic heterocycles. The van der Waals surface area contributed by atoms with Crippen LogP contribution in [0.4, 0.5) is 4.39 Å². The number of thioether (sulfide) groups is 1. The molecule has 0 spiro atoms. The monoisotopic (exact) mass is 477 g/mol. The lowest BCUT2D eigenvalue weighted by atomic mass is 10.1. The van der Waals surface area contributed by atoms with E-state index in [0.717, 1.165) is 17.4 Å². The third-order valence-corrected chi connectivity index (χ3v) is 6.99. The number of benzene rings is 2. The summed E-state index contributed by atoms with van der Waals surface area (Å²) in [5.74, 6) is -0.532. The maximum absolute atomic E-state index is 13.1. The second-order valence-corrected chi connectivity index (χ2v) is 9.33. The maximum atomic E-state index is 13.1. The summed E-state index contributed by atoms with van der Waals surface area (Å²) >= 11 is 13.8. The predicted molar refractivity (Wildman–Crippen MR) is 121 cm³/mol. The number of thiazole rings is 1. The van der Waals surface area contributed by atoms with Gasteiger partial charge in [-0.1, -0.05) is 34.7 Å². The molecule has 0 saturated heterocycles. The molecule has 0 amide bonds. The Bertz CT molecular complexity index is 1380. The molecular formula is C20H13ClFN3O2S3. The van der Waals surface area contributed by atoms with E-state index in [9.17, 15) is 14.0 Å². The van der Waals surface area contributed by atoms with Crippen LogP contribution in [0.5, 0.6) is 0 Å². The molecule has 2 heterocycles. The van der Waals surface area contributed by atoms with Crippen molar-refractivity contribution in [2.45, 2.75) is 5.16 Å². The molecule has 0 bridgehead atoms. The summed E-state index contributed by atoms with van der Waals surface area (Å²) in [5, 5.41) is 0.975. The first-order valence-corrected chi connectivity index (χ1v) is 11.2. The van der Waals surface area contributed by atoms with Crippen LogP contribution in [0.1, 0.15) is 10.4 Å². The summed E-state index contributed by atoms with van der Waals surface area (Å²) in [5.41, 5.74) is 1.34. The van der Waals surface area contributed by atoms with Gasteiger partial charge in [0.05, 0.1) is 5.75 Å². The molecule has 0 aliphatic carbocycles. The van der Waals surface area contributed by atoms with Crippen LogP contribution in [-0.2, 0) is 7.05 Å². The minimum absolute atomic E-state index is 0.0588. The van der Waals surface area contributed by atoms with Gasteiger partial charge in [-0.15, -0.1) is 0 Å². The normalized spacial score (nSPS) is 11.2. The fourth-order valence-electron chi connectivity index (χ4n) is 2.81. The van der Waals surface area contributed by atoms with E-state index < -0.39 is 5.82 Å². The van der Waals surface area contributed by atoms with Gasteiger partial charge >= 0.3 is 0 Å². The van der Waals surface area contributed by atoms with Gasteiger partial charge in [0.1, 0.15) is 10.5 Å². The first kappa shape index (κ1) is 20.9. The lowest BCUT2D eigenvalue weighted by Crippen LogP contribution is -2.20. The Morgan fingerprint density at radius 2 is 1.87 bits per heavy atom. The number of fused-ring (bicyclic) bond motifs is 1. The molecule has 0 N–H and O–H groups in total. The second-order valence-electron chi connectivity index (χ2n) is 6.31. The van der Waals surface area contributed by atoms with E-state index >= 15 is 0 Å². The third kappa shape index (κ3) is 3.98. The highest BCUT2D eigenvalue weighted by molar-refractivity contribution is 7.99. The molecule has 4 aromatic rings. The molecular weight excluding hydrogens is 465 g/mol. The summed E-state index contributed by atoms with van der Waals surface area (Å²) in [6.45, 7) is 0. The minimum atomic E-state index is -0.405. The quantitative estimate of drug-likeness (QED) is 0.169. The number of rotatable bonds is 5. The number of carbonyl (C=O) groups is 1. The van der Waals surface area contributed by atoms with Crippen LogP contribution in [0, 0.1) is 9.77 Å². The van der Waals surface area contributed by atoms with Gasteiger partial charge in [-0.3, -0.25) is 18.7 Å². The number of ketones is 1. The highest BCUT2D eigenvalue weighted by atomic mass is 35.5. The van der Waals surface area contributed by atoms with Gasteiger partial charge < -0.3 is 0 Å². The first-order chi connectivity index (χ1) is 14.3. The number of carbonyl (C=O) groups excluding carboxylic acids is 1. The Balaban J connectivity index is 1.73. The van der Waals surface area contributed by atoms with E-state index in [1.54, 1.807) is 35.9 Å². The number of hydrogen-bond donors (Lipinski definition) is 0. The van der Waals surface area contributed by atoms with Crippen molar-refractivity contribution < 1.29 is 9.18 Å². The predicted octanol–water partition coefficient (Wildman–Crippen LogP) is 5.28. The van der Waals surface area contributed by atoms with Crippen molar-refractivity contribution in [2.75, 3.05) is 5.75 Å². The van der Waals surface area contributed by atoms with Crippen LogP contribution in [0.15, 0.2) is 58.5 Å². The van der Waals surface area contributed by atoms with Gasteiger partial charge in [0, 0.05) is 23.3 Å². The Hall–Kier alpha value is -2.33. The standard InChI is InChI=1S/C20H13ClFN3O2S3/c1-24-18(27)16-17(25(20(28)30-16)14-8-4-12(21)5-9-14)23-19(24)29-10-15(26)11-2-6-13(22)7-3-11/h2-9H,10H2,1H3. The Morgan fingerprint density at radius 1 is 1.20 bits per heavy atom. The molecule has 0 fully saturated rings. The summed E-state index contributed by atoms with van der Waals surface area (Å²) in [6, 6.07) is 12.4. The van der Waals surface area contributed by atoms with Crippen LogP contribution in [0.25, 0.3) is 16.0 Å². The van der Waals surface area contributed by atoms with Crippen LogP contribution < -0.4 is 5.56 Å². The average molecular weight is 478 g/mol. The average Bonchev–Trinajstić information content (AvgIpc) is 3.06. The van der Waals surface area contributed by atoms with E-state index in [4.69, 9.17) is 23.8 Å². The summed E-state index contributed by atoms with van der Waals surface area (Å²) in [4.78, 5) is 29.9. The van der Waals surface area contributed by atoms with Crippen LogP contribution in [0.3, 0.4) is 0 Å². The van der Waals surface area contributed by atoms with Gasteiger partial charge in [0.15, 0.2) is 20.5 Å². The lowest BCUT2D eigenvalue weighted by molar-refractivity contribution is 0.102. The van der Waals surface area contributed by atoms with Crippen LogP contribution >= 0.6 is 46.9 Å². The van der Waals surface area contributed by atoms with E-state index in [0.29, 0.717) is 30.0 Å². The molecule has 2 aromatic carbocycles. The fourth-order valence-corrected chi connectivity index (χ4v) is 5.14. The zero-order valence-electron chi connectivity index (χ0n) is 15.5. The Morgan fingerprint density at radius 3 is 2.53 bits per heavy atom. The number of nitrogens with zero attached hydrogens (tertiary/aromatic N) is 3. The van der Waals surface area contributed by atoms with Crippen molar-refractivity contribution in [3.63, 3.8) is 0 Å². The van der Waals surface area contributed by atoms with E-state index in [2.05, 4.69) is 4.98 Å². The topological polar surface area (TPSA) is 56.9 Å². The zero-order chi connectivity index (χ0) is 21.4. The molecule has 0 aliphatic rings. The van der Waals surface area contributed by atoms with E-state index in [-0.39, 0.29) is 17.1 Å². The summed E-state index contributed by atoms with van der Waals surface area (Å²) in [7, 11) is 1.61. The highest BCUT2D eigenvalue weighted by Crippen LogP contribution is 2.26. The molecule has 5 nitrogen and oxygen atoms in total. The zero-order valence-corrected chi connectivity index (χ0v) is 18.7. The summed E-state index contributed by atoms with van der Waals surface area (Å²) in [6.07, 6.45) is 0. The van der Waals surface area contributed by atoms with Crippen LogP contribution in [-0.4, -0.2) is 25.7 Å². The molecule has 30 heavy (non-hydrogen) atoms. The highest BCUT2D eigenvalue weighted by Gasteiger charge is 2.17. The summed E-state index contributed by atoms with van der Waals surface area (Å²) < 4.78 is 17.1. The van der Waals surface area contributed by atoms with E-state index in [1.807, 2.05) is 0 Å². The van der Waals surface area contributed by atoms with Crippen molar-refractivity contribution in [1.29, 1.82) is 0 Å². The number of halogens is 2. The lowest BCUT2D eigenvalue weighted by Gasteiger charge is -2.09. The van der Waals surface area contributed by atoms with Gasteiger partial charge in [-0.25, -0.2) is 9.37 Å². The van der Waals surface area contributed by atoms with Crippen molar-refractivity contribution in [3.05, 3.63) is 79.2 Å². The molecule has 0 aliphatic heterocycles. The third-order valence-electron chi connectivity index (χ3n) is 4.36. The SMILES string of the molecule is Cn1c(SCC(=O)c2ccc(F)cc2)nc2c(sc(=S)n2-c2ccc(Cl)cc2)c1=O. The molecule has 0 saturated carbocycles. The van der Waals surface area contributed by atoms with Gasteiger partial charge in [-0.05, 0) is 60.7 Å². The number of Topliss-reactive ketones (excluding diaryl/α,β-unsaturated/α-hetero) is 1. The maximum Gasteiger partial charge on any atom is 0.273 e. The van der Waals surface area contributed by atoms with Crippen molar-refractivity contribution >= 4 is 63.0 Å². The Labute approximate surface area is 188 Å². The Kier molecular flexibility index (Phi) is 5.88. The molecule has 0 atom stereocenters. The molecule has 10 heteroatoms. The van der Waals surface area contributed by atoms with Crippen molar-refractivity contribution in [1.82, 2.24) is 14.1 Å². The molecule has 152 valence electrons. The number of aromatic nitrogens is 3. The molecule has 0 radical (unpaired) electrons. The first-order valence-electron chi connectivity index (χ1n) is 8.65. The number of hydrogen-bond acceptors (Lipinski definition) is 6. The van der Waals surface area contributed by atoms with Crippen molar-refractivity contribution in [3.8, 4) is 5.69 Å². The molecule has 0 unspecified atom stereocenters. The minimum Gasteiger partial charge on any atom is -0.293 e. The second kappa shape index (κ2) is 8.43. The van der Waals surface area contributed by atoms with E-state index in [1.165, 1.54) is 40.2 Å². The van der Waals surface area contributed by atoms with Crippen LogP contribution in [0.2, 0.25) is 5.02 Å². The fraction of sp³-hybridized carbons (Fsp3) is 0.100. The van der Waals surface area contributed by atoms with Gasteiger partial charge in [0.2, 0.25) is 0 Å². The van der Waals surface area contributed by atoms with Crippen molar-refractivity contribution in [2.24, 2.45) is 7.05 Å². The van der Waals surface area contributed by atoms with Gasteiger partial charge in [-0.2, -0.15) is 0 Å². The molecule has 4 rings (SSSR count).